The van der Waals surface area contributed by atoms with E-state index in [1.54, 1.807) is 86.4 Å². The highest BCUT2D eigenvalue weighted by Crippen LogP contribution is 2.53. The molecule has 131 heavy (non-hydrogen) atoms. The number of aromatic amines is 5. The zero-order valence-corrected chi connectivity index (χ0v) is 77.1. The Labute approximate surface area is 761 Å². The molecule has 6 fully saturated rings. The fraction of sp³-hybridized carbons (Fsp3) is 0.391. The molecule has 1 aromatic carbocycles. The predicted octanol–water partition coefficient (Wildman–Crippen LogP) is 8.21. The maximum absolute atomic E-state index is 12.6. The van der Waals surface area contributed by atoms with Gasteiger partial charge in [0.05, 0.1) is 47.9 Å². The summed E-state index contributed by atoms with van der Waals surface area (Å²) in [5.41, 5.74) is 15.7. The summed E-state index contributed by atoms with van der Waals surface area (Å²) in [7, 11) is -17.7. The molecular formula is C87H104B5N15O19S5. The number of fused-ring (bicyclic) bond motifs is 15. The van der Waals surface area contributed by atoms with E-state index in [2.05, 4.69) is 85.2 Å². The smallest absolute Gasteiger partial charge is 0.531 e. The normalized spacial score (nSPS) is 23.9. The van der Waals surface area contributed by atoms with Gasteiger partial charge in [0.25, 0.3) is 0 Å². The number of pyridine rings is 5. The van der Waals surface area contributed by atoms with Crippen LogP contribution in [-0.2, 0) is 54.2 Å². The number of sulfonamides is 3. The average molecular weight is 1880 g/mol. The van der Waals surface area contributed by atoms with Crippen LogP contribution in [0.1, 0.15) is 139 Å². The van der Waals surface area contributed by atoms with E-state index >= 15 is 0 Å². The minimum absolute atomic E-state index is 0.0529. The number of methoxy groups -OCH3 is 1. The number of nitrogens with one attached hydrogen (secondary N) is 10. The van der Waals surface area contributed by atoms with E-state index in [-0.39, 0.29) is 75.7 Å². The third-order valence-corrected chi connectivity index (χ3v) is 34.1. The van der Waals surface area contributed by atoms with Crippen molar-refractivity contribution in [3.05, 3.63) is 179 Å². The highest BCUT2D eigenvalue weighted by atomic mass is 32.2. The Morgan fingerprint density at radius 1 is 0.450 bits per heavy atom. The van der Waals surface area contributed by atoms with Crippen LogP contribution in [0.4, 0.5) is 0 Å². The predicted molar refractivity (Wildman–Crippen MR) is 513 cm³/mol. The van der Waals surface area contributed by atoms with E-state index in [1.165, 1.54) is 6.26 Å². The topological polar surface area (TPSA) is 497 Å². The molecule has 15 heterocycles. The number of benzene rings is 1. The fourth-order valence-corrected chi connectivity index (χ4v) is 26.7. The lowest BCUT2D eigenvalue weighted by Crippen LogP contribution is -2.46. The molecule has 22 rings (SSSR count). The maximum Gasteiger partial charge on any atom is 0.555 e. The van der Waals surface area contributed by atoms with E-state index in [9.17, 15) is 58.8 Å². The molecule has 6 aliphatic carbocycles. The molecule has 11 aromatic rings. The van der Waals surface area contributed by atoms with Crippen LogP contribution in [-0.4, -0.2) is 223 Å². The van der Waals surface area contributed by atoms with Gasteiger partial charge in [-0.15, -0.1) is 0 Å². The van der Waals surface area contributed by atoms with Crippen molar-refractivity contribution in [3.63, 3.8) is 0 Å². The van der Waals surface area contributed by atoms with Gasteiger partial charge >= 0.3 is 35.6 Å². The van der Waals surface area contributed by atoms with E-state index in [4.69, 9.17) is 28.0 Å². The second-order valence-corrected chi connectivity index (χ2v) is 46.1. The highest BCUT2D eigenvalue weighted by Gasteiger charge is 2.47. The van der Waals surface area contributed by atoms with Crippen LogP contribution in [0.15, 0.2) is 156 Å². The number of hydrogen-bond acceptors (Lipinski definition) is 24. The first-order valence-corrected chi connectivity index (χ1v) is 52.7. The van der Waals surface area contributed by atoms with Gasteiger partial charge < -0.3 is 78.0 Å². The van der Waals surface area contributed by atoms with Crippen molar-refractivity contribution in [2.45, 2.75) is 152 Å². The van der Waals surface area contributed by atoms with Crippen molar-refractivity contribution in [1.82, 2.24) is 73.5 Å². The van der Waals surface area contributed by atoms with Gasteiger partial charge in [-0.1, -0.05) is 32.0 Å². The lowest BCUT2D eigenvalue weighted by molar-refractivity contribution is 0.199. The molecule has 11 aliphatic rings. The van der Waals surface area contributed by atoms with Gasteiger partial charge in [0.1, 0.15) is 57.0 Å². The Morgan fingerprint density at radius 3 is 1.15 bits per heavy atom. The van der Waals surface area contributed by atoms with Crippen LogP contribution in [0.3, 0.4) is 0 Å². The van der Waals surface area contributed by atoms with Gasteiger partial charge in [-0.3, -0.25) is 8.42 Å². The molecule has 0 saturated heterocycles. The Balaban J connectivity index is 0.000000110. The number of hydrogen-bond donors (Lipinski definition) is 15. The molecule has 44 heteroatoms. The zero-order chi connectivity index (χ0) is 91.9. The van der Waals surface area contributed by atoms with Crippen LogP contribution in [0.25, 0.3) is 83.0 Å². The molecule has 0 bridgehead atoms. The first kappa shape index (κ1) is 91.6. The minimum Gasteiger partial charge on any atom is -0.531 e. The van der Waals surface area contributed by atoms with Gasteiger partial charge in [0.2, 0.25) is 30.1 Å². The third-order valence-electron chi connectivity index (χ3n) is 26.1. The van der Waals surface area contributed by atoms with Gasteiger partial charge in [0.15, 0.2) is 0 Å². The van der Waals surface area contributed by atoms with Gasteiger partial charge in [-0.05, 0) is 244 Å². The number of H-pyrrole nitrogens is 5. The summed E-state index contributed by atoms with van der Waals surface area (Å²) in [6.45, 7) is 8.21. The molecule has 0 radical (unpaired) electrons. The van der Waals surface area contributed by atoms with Crippen LogP contribution in [0.5, 0.6) is 28.7 Å². The third kappa shape index (κ3) is 19.6. The molecule has 686 valence electrons. The van der Waals surface area contributed by atoms with Crippen LogP contribution in [0.2, 0.25) is 0 Å². The Hall–Kier alpha value is -9.86. The monoisotopic (exact) mass is 1880 g/mol. The molecule has 2 atom stereocenters. The molecule has 15 N–H and O–H groups in total. The number of ether oxygens (including phenoxy) is 1. The summed E-state index contributed by atoms with van der Waals surface area (Å²) in [5.74, 6) is 17.7. The van der Waals surface area contributed by atoms with Crippen molar-refractivity contribution in [2.75, 3.05) is 31.5 Å². The van der Waals surface area contributed by atoms with Crippen molar-refractivity contribution in [2.24, 2.45) is 35.5 Å². The summed E-state index contributed by atoms with van der Waals surface area (Å²) in [4.78, 5) is 37.4. The summed E-state index contributed by atoms with van der Waals surface area (Å²) in [6, 6.07) is 18.3. The van der Waals surface area contributed by atoms with E-state index in [1.807, 2.05) is 89.0 Å². The van der Waals surface area contributed by atoms with Crippen LogP contribution < -0.4 is 46.9 Å². The SMILES string of the molecule is C=S(=O)(CCCOC)NC1CC(C2=C(C)B(O)Oc3cnc4[nH]ccc4c32)C1.C=S(=O)(NC1CC(C2=C(C)B(O)Oc3cnc4[nH]ccc4c32)C1)C1CC1.CC(C)CS(=O)(=O)NC1CC(C2=CB(O)Oc3cnc4[nH]ccc4c32)C1.CS(=O)(=O)NC1CC(C2=CB(O)Oc3cnc4[nH]ccc4c32)C1.O=S(=O)(NC1CC(C2=CB(O)Oc3cnc4[nH]ccc4c32)C1)c1ccccc1. The van der Waals surface area contributed by atoms with Crippen LogP contribution >= 0.6 is 0 Å². The van der Waals surface area contributed by atoms with Gasteiger partial charge in [-0.25, -0.2) is 73.8 Å². The Morgan fingerprint density at radius 2 is 0.786 bits per heavy atom. The summed E-state index contributed by atoms with van der Waals surface area (Å²) in [5, 5.41) is 55.8. The molecular weight excluding hydrogens is 1770 g/mol. The van der Waals surface area contributed by atoms with E-state index in [0.29, 0.717) is 85.6 Å². The number of nitrogens with zero attached hydrogens (tertiary/aromatic N) is 5. The van der Waals surface area contributed by atoms with Crippen molar-refractivity contribution < 1.29 is 86.8 Å². The van der Waals surface area contributed by atoms with Crippen molar-refractivity contribution in [1.29, 1.82) is 0 Å². The van der Waals surface area contributed by atoms with Crippen LogP contribution in [0, 0.1) is 35.5 Å². The molecule has 2 unspecified atom stereocenters. The molecule has 34 nitrogen and oxygen atoms in total. The fourth-order valence-electron chi connectivity index (χ4n) is 19.6. The first-order valence-electron chi connectivity index (χ1n) is 44.0. The largest absolute Gasteiger partial charge is 0.555 e. The zero-order valence-electron chi connectivity index (χ0n) is 73.1. The molecule has 6 saturated carbocycles. The summed E-state index contributed by atoms with van der Waals surface area (Å²) < 4.78 is 145. The van der Waals surface area contributed by atoms with Crippen molar-refractivity contribution >= 4 is 180 Å². The number of allylic oxidation sites excluding steroid dienone is 7. The lowest BCUT2D eigenvalue weighted by Gasteiger charge is -2.41. The molecule has 10 aromatic heterocycles. The highest BCUT2D eigenvalue weighted by molar-refractivity contribution is 7.99. The second-order valence-electron chi connectivity index (χ2n) is 36.2. The average Bonchev–Trinajstić information content (AvgIpc) is 1.75. The Kier molecular flexibility index (Phi) is 25.8. The summed E-state index contributed by atoms with van der Waals surface area (Å²) in [6.07, 6.45) is 28.9. The van der Waals surface area contributed by atoms with E-state index in [0.717, 1.165) is 167 Å². The lowest BCUT2D eigenvalue weighted by atomic mass is 9.64. The van der Waals surface area contributed by atoms with Gasteiger partial charge in [0, 0.05) is 160 Å². The standard InChI is InChI=1S/C19H18BN3O4S.C19H26BN3O4S.C18H22BN3O3S.C17H22BN3O4S.C14H16BN3O4S/c24-20-10-16(18-15-6-7-21-19(15)22-11-17(18)27-20)12-8-13(9-12)23-28(25,26)14-4-2-1-3-5-14;1-12-17(13-9-14(10-13)23-28(3,25)8-4-7-26-2)18-15-5-6-21-19(15)22-11-16(18)27-20(12)24;1-10-16(11-7-12(8-11)22-26(2,24)13-3-4-13)17-14-5-6-20-18(14)21-9-15(17)25-19(10)23;1-10(2)9-26(23,24)21-12-5-11(6-12)14-7-18(22)25-15-8-20-17-13(16(14)15)3-4-19-17;1-23(20,21)18-9-4-8(5-9)11-6-15(19)22-12-7-17-14-10(13(11)12)2-3-16-14/h1-7,10-13,23-24H,8-9H2,(H,21,22);5-6,11,13-14,24H,3-4,7-10H2,1-2H3,(H,21,22)(H,23,25);5-6,9,11-13,23H,2-4,7-8H2,1H3,(H,20,21)(H,22,24);3-4,7-8,10-12,21-22H,5-6,9H2,1-2H3,(H,19,20);2-3,6-9,18-19H,4-5H2,1H3,(H,16,17). The minimum atomic E-state index is -3.53. The quantitative estimate of drug-likeness (QED) is 0.0163. The number of rotatable bonds is 23. The second kappa shape index (κ2) is 36.8. The molecule has 0 amide bonds. The molecule has 5 aliphatic heterocycles. The van der Waals surface area contributed by atoms with E-state index < -0.39 is 85.1 Å². The number of aromatic nitrogens is 10. The van der Waals surface area contributed by atoms with Gasteiger partial charge in [-0.2, -0.15) is 0 Å². The first-order chi connectivity index (χ1) is 62.6. The maximum atomic E-state index is 12.6. The van der Waals surface area contributed by atoms with Crippen molar-refractivity contribution in [3.8, 4) is 28.7 Å². The molecule has 0 spiro atoms. The summed E-state index contributed by atoms with van der Waals surface area (Å²) >= 11 is 0. The Bertz CT molecular complexity index is 6980.